The van der Waals surface area contributed by atoms with Gasteiger partial charge in [0.1, 0.15) is 5.21 Å². The second kappa shape index (κ2) is 4.37. The van der Waals surface area contributed by atoms with E-state index < -0.39 is 10.0 Å². The first-order chi connectivity index (χ1) is 6.37. The van der Waals surface area contributed by atoms with Crippen molar-refractivity contribution in [1.29, 1.82) is 0 Å². The van der Waals surface area contributed by atoms with Crippen molar-refractivity contribution >= 4 is 21.6 Å². The molecule has 0 N–H and O–H groups in total. The van der Waals surface area contributed by atoms with E-state index in [0.717, 1.165) is 19.3 Å². The molecule has 0 spiro atoms. The van der Waals surface area contributed by atoms with Crippen molar-refractivity contribution < 1.29 is 8.42 Å². The molecule has 0 atom stereocenters. The van der Waals surface area contributed by atoms with Crippen LogP contribution < -0.4 is 0 Å². The summed E-state index contributed by atoms with van der Waals surface area (Å²) in [6.45, 7) is 5.61. The fourth-order valence-electron chi connectivity index (χ4n) is 1.75. The van der Waals surface area contributed by atoms with E-state index in [1.807, 2.05) is 0 Å². The number of halogens is 1. The Morgan fingerprint density at radius 3 is 2.50 bits per heavy atom. The minimum atomic E-state index is -3.20. The first kappa shape index (κ1) is 12.3. The number of hydrogen-bond donors (Lipinski definition) is 0. The Morgan fingerprint density at radius 1 is 1.29 bits per heavy atom. The monoisotopic (exact) mass is 239 g/mol. The van der Waals surface area contributed by atoms with Gasteiger partial charge in [0.05, 0.1) is 0 Å². The van der Waals surface area contributed by atoms with Gasteiger partial charge in [-0.05, 0) is 24.7 Å². The molecule has 0 bridgehead atoms. The van der Waals surface area contributed by atoms with Crippen molar-refractivity contribution in [1.82, 2.24) is 4.31 Å². The first-order valence-electron chi connectivity index (χ1n) is 4.91. The number of sulfonamides is 1. The van der Waals surface area contributed by atoms with Crippen molar-refractivity contribution in [3.05, 3.63) is 0 Å². The number of alkyl halides is 1. The summed E-state index contributed by atoms with van der Waals surface area (Å²) in [4.78, 5) is 0. The minimum absolute atomic E-state index is 0.260. The average Bonchev–Trinajstić information content (AvgIpc) is 2.26. The lowest BCUT2D eigenvalue weighted by Crippen LogP contribution is -2.33. The molecule has 0 aromatic heterocycles. The number of hydrogen-bond acceptors (Lipinski definition) is 2. The molecule has 0 radical (unpaired) electrons. The highest BCUT2D eigenvalue weighted by atomic mass is 35.5. The second-order valence-electron chi connectivity index (χ2n) is 4.64. The van der Waals surface area contributed by atoms with Crippen LogP contribution in [0.1, 0.15) is 33.1 Å². The van der Waals surface area contributed by atoms with Crippen molar-refractivity contribution in [3.63, 3.8) is 0 Å². The number of rotatable bonds is 2. The molecule has 3 nitrogen and oxygen atoms in total. The van der Waals surface area contributed by atoms with Crippen LogP contribution in [0.4, 0.5) is 0 Å². The van der Waals surface area contributed by atoms with Gasteiger partial charge in [0.15, 0.2) is 0 Å². The molecular weight excluding hydrogens is 222 g/mol. The zero-order chi connectivity index (χ0) is 10.8. The molecule has 1 saturated heterocycles. The molecule has 5 heteroatoms. The van der Waals surface area contributed by atoms with Gasteiger partial charge in [0, 0.05) is 13.1 Å². The SMILES string of the molecule is CC1(C)CCCN(S(=O)(=O)CCl)CC1. The molecule has 84 valence electrons. The topological polar surface area (TPSA) is 37.4 Å². The van der Waals surface area contributed by atoms with Gasteiger partial charge < -0.3 is 0 Å². The zero-order valence-electron chi connectivity index (χ0n) is 8.79. The quantitative estimate of drug-likeness (QED) is 0.692. The Kier molecular flexibility index (Phi) is 3.83. The van der Waals surface area contributed by atoms with Crippen LogP contribution in [0.25, 0.3) is 0 Å². The van der Waals surface area contributed by atoms with Gasteiger partial charge in [0.2, 0.25) is 10.0 Å². The van der Waals surface area contributed by atoms with Crippen LogP contribution in [0.15, 0.2) is 0 Å². The standard InChI is InChI=1S/C9H18ClNO2S/c1-9(2)4-3-6-11(7-5-9)14(12,13)8-10/h3-8H2,1-2H3. The van der Waals surface area contributed by atoms with E-state index in [0.29, 0.717) is 13.1 Å². The summed E-state index contributed by atoms with van der Waals surface area (Å²) in [5, 5.41) is -0.298. The van der Waals surface area contributed by atoms with Crippen LogP contribution in [-0.2, 0) is 10.0 Å². The molecule has 0 saturated carbocycles. The molecule has 0 aromatic rings. The first-order valence-corrected chi connectivity index (χ1v) is 7.06. The third-order valence-electron chi connectivity index (χ3n) is 2.83. The maximum atomic E-state index is 11.5. The van der Waals surface area contributed by atoms with Crippen LogP contribution in [0, 0.1) is 5.41 Å². The summed E-state index contributed by atoms with van der Waals surface area (Å²) in [7, 11) is -3.20. The normalized spacial score (nSPS) is 24.5. The van der Waals surface area contributed by atoms with Gasteiger partial charge in [-0.25, -0.2) is 12.7 Å². The lowest BCUT2D eigenvalue weighted by molar-refractivity contribution is 0.315. The molecular formula is C9H18ClNO2S. The van der Waals surface area contributed by atoms with Crippen LogP contribution >= 0.6 is 11.6 Å². The minimum Gasteiger partial charge on any atom is -0.211 e. The summed E-state index contributed by atoms with van der Waals surface area (Å²) < 4.78 is 24.5. The molecule has 0 unspecified atom stereocenters. The van der Waals surface area contributed by atoms with Gasteiger partial charge in [-0.1, -0.05) is 13.8 Å². The van der Waals surface area contributed by atoms with Crippen molar-refractivity contribution in [2.75, 3.05) is 18.3 Å². The Hall–Kier alpha value is 0.200. The summed E-state index contributed by atoms with van der Waals surface area (Å²) in [6.07, 6.45) is 2.94. The lowest BCUT2D eigenvalue weighted by atomic mass is 9.85. The number of nitrogens with zero attached hydrogens (tertiary/aromatic N) is 1. The van der Waals surface area contributed by atoms with Gasteiger partial charge >= 0.3 is 0 Å². The smallest absolute Gasteiger partial charge is 0.211 e. The summed E-state index contributed by atoms with van der Waals surface area (Å²) in [6, 6.07) is 0. The Bertz CT molecular complexity index is 287. The summed E-state index contributed by atoms with van der Waals surface area (Å²) >= 11 is 5.42. The van der Waals surface area contributed by atoms with E-state index >= 15 is 0 Å². The molecule has 1 rings (SSSR count). The second-order valence-corrected chi connectivity index (χ2v) is 7.19. The van der Waals surface area contributed by atoms with Gasteiger partial charge in [-0.2, -0.15) is 0 Å². The molecule has 0 aromatic carbocycles. The largest absolute Gasteiger partial charge is 0.228 e. The van der Waals surface area contributed by atoms with Crippen LogP contribution in [0.5, 0.6) is 0 Å². The molecule has 1 fully saturated rings. The fourth-order valence-corrected chi connectivity index (χ4v) is 3.07. The van der Waals surface area contributed by atoms with E-state index in [9.17, 15) is 8.42 Å². The average molecular weight is 240 g/mol. The van der Waals surface area contributed by atoms with Gasteiger partial charge in [0.25, 0.3) is 0 Å². The fraction of sp³-hybridized carbons (Fsp3) is 1.00. The zero-order valence-corrected chi connectivity index (χ0v) is 10.4. The van der Waals surface area contributed by atoms with Crippen molar-refractivity contribution in [2.24, 2.45) is 5.41 Å². The van der Waals surface area contributed by atoms with E-state index in [-0.39, 0.29) is 10.6 Å². The predicted molar refractivity (Wildman–Crippen MR) is 58.8 cm³/mol. The third-order valence-corrected chi connectivity index (χ3v) is 5.09. The van der Waals surface area contributed by atoms with E-state index in [2.05, 4.69) is 13.8 Å². The molecule has 0 aliphatic carbocycles. The lowest BCUT2D eigenvalue weighted by Gasteiger charge is -2.22. The van der Waals surface area contributed by atoms with Crippen LogP contribution in [0.3, 0.4) is 0 Å². The van der Waals surface area contributed by atoms with Crippen LogP contribution in [-0.4, -0.2) is 31.0 Å². The molecule has 1 aliphatic heterocycles. The molecule has 1 heterocycles. The molecule has 1 aliphatic rings. The van der Waals surface area contributed by atoms with Crippen molar-refractivity contribution in [3.8, 4) is 0 Å². The predicted octanol–water partition coefficient (Wildman–Crippen LogP) is 2.02. The van der Waals surface area contributed by atoms with Gasteiger partial charge in [-0.15, -0.1) is 11.6 Å². The van der Waals surface area contributed by atoms with Gasteiger partial charge in [-0.3, -0.25) is 0 Å². The maximum absolute atomic E-state index is 11.5. The highest BCUT2D eigenvalue weighted by molar-refractivity contribution is 7.90. The van der Waals surface area contributed by atoms with Crippen LogP contribution in [0.2, 0.25) is 0 Å². The third kappa shape index (κ3) is 3.11. The highest BCUT2D eigenvalue weighted by Crippen LogP contribution is 2.30. The van der Waals surface area contributed by atoms with E-state index in [4.69, 9.17) is 11.6 Å². The van der Waals surface area contributed by atoms with Crippen molar-refractivity contribution in [2.45, 2.75) is 33.1 Å². The van der Waals surface area contributed by atoms with E-state index in [1.54, 1.807) is 0 Å². The Labute approximate surface area is 91.5 Å². The summed E-state index contributed by atoms with van der Waals surface area (Å²) in [5.41, 5.74) is 0.260. The maximum Gasteiger partial charge on any atom is 0.228 e. The van der Waals surface area contributed by atoms with E-state index in [1.165, 1.54) is 4.31 Å². The summed E-state index contributed by atoms with van der Waals surface area (Å²) in [5.74, 6) is 0. The molecule has 0 amide bonds. The highest BCUT2D eigenvalue weighted by Gasteiger charge is 2.28. The Balaban J connectivity index is 2.68. The Morgan fingerprint density at radius 2 is 1.93 bits per heavy atom. The molecule has 14 heavy (non-hydrogen) atoms.